The summed E-state index contributed by atoms with van der Waals surface area (Å²) in [7, 11) is 0. The maximum Gasteiger partial charge on any atom is 0.0845 e. The van der Waals surface area contributed by atoms with Crippen LogP contribution in [0.25, 0.3) is 0 Å². The van der Waals surface area contributed by atoms with Crippen LogP contribution >= 0.6 is 15.9 Å². The zero-order chi connectivity index (χ0) is 9.68. The lowest BCUT2D eigenvalue weighted by Crippen LogP contribution is -2.18. The fraction of sp³-hybridized carbons (Fsp3) is 0.300. The van der Waals surface area contributed by atoms with Crippen molar-refractivity contribution in [3.8, 4) is 6.07 Å². The van der Waals surface area contributed by atoms with Gasteiger partial charge in [-0.1, -0.05) is 34.1 Å². The van der Waals surface area contributed by atoms with Gasteiger partial charge in [0.25, 0.3) is 0 Å². The van der Waals surface area contributed by atoms with E-state index < -0.39 is 0 Å². The van der Waals surface area contributed by atoms with Gasteiger partial charge in [0.2, 0.25) is 0 Å². The second-order valence-electron chi connectivity index (χ2n) is 2.78. The van der Waals surface area contributed by atoms with Gasteiger partial charge in [-0.05, 0) is 18.6 Å². The molecule has 1 N–H and O–H groups in total. The van der Waals surface area contributed by atoms with E-state index in [9.17, 15) is 0 Å². The van der Waals surface area contributed by atoms with E-state index in [1.54, 1.807) is 0 Å². The molecule has 3 heteroatoms. The number of benzene rings is 1. The first-order chi connectivity index (χ1) is 6.25. The zero-order valence-electron chi connectivity index (χ0n) is 7.42. The van der Waals surface area contributed by atoms with Gasteiger partial charge in [0.15, 0.2) is 0 Å². The highest BCUT2D eigenvalue weighted by Gasteiger charge is 2.06. The molecule has 0 aliphatic rings. The van der Waals surface area contributed by atoms with Crippen LogP contribution in [0.1, 0.15) is 18.5 Å². The van der Waals surface area contributed by atoms with E-state index in [0.717, 1.165) is 4.47 Å². The molecule has 0 aromatic heterocycles. The molecule has 13 heavy (non-hydrogen) atoms. The molecule has 1 rings (SSSR count). The van der Waals surface area contributed by atoms with Crippen LogP contribution in [0.4, 0.5) is 0 Å². The van der Waals surface area contributed by atoms with Crippen LogP contribution in [-0.2, 0) is 0 Å². The second-order valence-corrected chi connectivity index (χ2v) is 3.64. The minimum atomic E-state index is 0.204. The summed E-state index contributed by atoms with van der Waals surface area (Å²) in [5, 5.41) is 11.5. The molecule has 1 unspecified atom stereocenters. The third kappa shape index (κ3) is 2.83. The van der Waals surface area contributed by atoms with E-state index in [0.29, 0.717) is 6.54 Å². The summed E-state index contributed by atoms with van der Waals surface area (Å²) in [5.74, 6) is 0. The predicted octanol–water partition coefficient (Wildman–Crippen LogP) is 2.62. The molecule has 1 atom stereocenters. The van der Waals surface area contributed by atoms with Gasteiger partial charge >= 0.3 is 0 Å². The normalized spacial score (nSPS) is 12.1. The average Bonchev–Trinajstić information content (AvgIpc) is 2.15. The van der Waals surface area contributed by atoms with Gasteiger partial charge in [0, 0.05) is 10.5 Å². The Kier molecular flexibility index (Phi) is 3.94. The van der Waals surface area contributed by atoms with Crippen LogP contribution in [0.15, 0.2) is 28.7 Å². The number of hydrogen-bond acceptors (Lipinski definition) is 2. The number of hydrogen-bond donors (Lipinski definition) is 1. The lowest BCUT2D eigenvalue weighted by molar-refractivity contribution is 0.619. The minimum Gasteiger partial charge on any atom is -0.298 e. The summed E-state index contributed by atoms with van der Waals surface area (Å²) in [6, 6.07) is 10.3. The van der Waals surface area contributed by atoms with Gasteiger partial charge in [-0.15, -0.1) is 0 Å². The Balaban J connectivity index is 2.72. The van der Waals surface area contributed by atoms with Gasteiger partial charge < -0.3 is 0 Å². The SMILES string of the molecule is CC(NCC#N)c1ccccc1Br. The molecule has 0 spiro atoms. The first kappa shape index (κ1) is 10.2. The third-order valence-electron chi connectivity index (χ3n) is 1.86. The lowest BCUT2D eigenvalue weighted by atomic mass is 10.1. The van der Waals surface area contributed by atoms with Crippen LogP contribution in [0.2, 0.25) is 0 Å². The van der Waals surface area contributed by atoms with Crippen LogP contribution in [-0.4, -0.2) is 6.54 Å². The molecule has 2 nitrogen and oxygen atoms in total. The molecule has 0 saturated heterocycles. The zero-order valence-corrected chi connectivity index (χ0v) is 9.01. The Morgan fingerprint density at radius 2 is 2.23 bits per heavy atom. The molecule has 0 radical (unpaired) electrons. The molecule has 0 amide bonds. The first-order valence-electron chi connectivity index (χ1n) is 4.10. The molecule has 0 saturated carbocycles. The second kappa shape index (κ2) is 5.00. The summed E-state index contributed by atoms with van der Waals surface area (Å²) in [4.78, 5) is 0. The van der Waals surface area contributed by atoms with Crippen molar-refractivity contribution in [2.24, 2.45) is 0 Å². The molecule has 68 valence electrons. The monoisotopic (exact) mass is 238 g/mol. The summed E-state index contributed by atoms with van der Waals surface area (Å²) in [6.45, 7) is 2.42. The van der Waals surface area contributed by atoms with Crippen molar-refractivity contribution in [1.29, 1.82) is 5.26 Å². The fourth-order valence-corrected chi connectivity index (χ4v) is 1.76. The van der Waals surface area contributed by atoms with Gasteiger partial charge in [-0.25, -0.2) is 0 Å². The Morgan fingerprint density at radius 3 is 2.85 bits per heavy atom. The number of halogens is 1. The summed E-state index contributed by atoms with van der Waals surface area (Å²) >= 11 is 3.47. The van der Waals surface area contributed by atoms with Gasteiger partial charge in [-0.2, -0.15) is 5.26 Å². The quantitative estimate of drug-likeness (QED) is 0.823. The smallest absolute Gasteiger partial charge is 0.0845 e. The van der Waals surface area contributed by atoms with Crippen molar-refractivity contribution in [3.63, 3.8) is 0 Å². The lowest BCUT2D eigenvalue weighted by Gasteiger charge is -2.13. The first-order valence-corrected chi connectivity index (χ1v) is 4.89. The van der Waals surface area contributed by atoms with Crippen molar-refractivity contribution >= 4 is 15.9 Å². The third-order valence-corrected chi connectivity index (χ3v) is 2.58. The van der Waals surface area contributed by atoms with E-state index in [-0.39, 0.29) is 6.04 Å². The van der Waals surface area contributed by atoms with E-state index in [4.69, 9.17) is 5.26 Å². The molecule has 0 aliphatic carbocycles. The standard InChI is InChI=1S/C10H11BrN2/c1-8(13-7-6-12)9-4-2-3-5-10(9)11/h2-5,8,13H,7H2,1H3. The summed E-state index contributed by atoms with van der Waals surface area (Å²) < 4.78 is 1.08. The van der Waals surface area contributed by atoms with Crippen molar-refractivity contribution in [2.45, 2.75) is 13.0 Å². The van der Waals surface area contributed by atoms with Crippen LogP contribution in [0, 0.1) is 11.3 Å². The van der Waals surface area contributed by atoms with Gasteiger partial charge in [0.1, 0.15) is 0 Å². The van der Waals surface area contributed by atoms with Crippen molar-refractivity contribution < 1.29 is 0 Å². The van der Waals surface area contributed by atoms with E-state index >= 15 is 0 Å². The van der Waals surface area contributed by atoms with Crippen LogP contribution in [0.3, 0.4) is 0 Å². The predicted molar refractivity (Wildman–Crippen MR) is 56.2 cm³/mol. The minimum absolute atomic E-state index is 0.204. The van der Waals surface area contributed by atoms with E-state index in [1.807, 2.05) is 31.2 Å². The van der Waals surface area contributed by atoms with E-state index in [2.05, 4.69) is 27.3 Å². The highest BCUT2D eigenvalue weighted by atomic mass is 79.9. The van der Waals surface area contributed by atoms with Crippen molar-refractivity contribution in [3.05, 3.63) is 34.3 Å². The summed E-state index contributed by atoms with van der Waals surface area (Å²) in [6.07, 6.45) is 0. The largest absolute Gasteiger partial charge is 0.298 e. The molecular weight excluding hydrogens is 228 g/mol. The Morgan fingerprint density at radius 1 is 1.54 bits per heavy atom. The van der Waals surface area contributed by atoms with Crippen molar-refractivity contribution in [1.82, 2.24) is 5.32 Å². The summed E-state index contributed by atoms with van der Waals surface area (Å²) in [5.41, 5.74) is 1.18. The van der Waals surface area contributed by atoms with Crippen molar-refractivity contribution in [2.75, 3.05) is 6.54 Å². The van der Waals surface area contributed by atoms with Crippen LogP contribution < -0.4 is 5.32 Å². The molecule has 0 bridgehead atoms. The maximum atomic E-state index is 8.41. The van der Waals surface area contributed by atoms with E-state index in [1.165, 1.54) is 5.56 Å². The Bertz CT molecular complexity index is 317. The highest BCUT2D eigenvalue weighted by molar-refractivity contribution is 9.10. The fourth-order valence-electron chi connectivity index (χ4n) is 1.13. The number of nitriles is 1. The van der Waals surface area contributed by atoms with Crippen LogP contribution in [0.5, 0.6) is 0 Å². The molecule has 0 heterocycles. The number of nitrogens with zero attached hydrogens (tertiary/aromatic N) is 1. The number of nitrogens with one attached hydrogen (secondary N) is 1. The molecular formula is C10H11BrN2. The molecule has 1 aromatic rings. The number of rotatable bonds is 3. The molecule has 1 aromatic carbocycles. The van der Waals surface area contributed by atoms with Gasteiger partial charge in [-0.3, -0.25) is 5.32 Å². The maximum absolute atomic E-state index is 8.41. The molecule has 0 aliphatic heterocycles. The average molecular weight is 239 g/mol. The highest BCUT2D eigenvalue weighted by Crippen LogP contribution is 2.22. The Labute approximate surface area is 86.7 Å². The topological polar surface area (TPSA) is 35.8 Å². The van der Waals surface area contributed by atoms with Gasteiger partial charge in [0.05, 0.1) is 12.6 Å². The molecule has 0 fully saturated rings. The Hall–Kier alpha value is -0.850.